The van der Waals surface area contributed by atoms with Crippen molar-refractivity contribution in [3.05, 3.63) is 39.8 Å². The van der Waals surface area contributed by atoms with Crippen LogP contribution in [0, 0.1) is 6.92 Å². The van der Waals surface area contributed by atoms with Crippen LogP contribution < -0.4 is 5.32 Å². The summed E-state index contributed by atoms with van der Waals surface area (Å²) in [4.78, 5) is 20.1. The summed E-state index contributed by atoms with van der Waals surface area (Å²) in [5, 5.41) is 17.6. The highest BCUT2D eigenvalue weighted by atomic mass is 32.1. The van der Waals surface area contributed by atoms with Gasteiger partial charge in [0.1, 0.15) is 5.01 Å². The Morgan fingerprint density at radius 3 is 2.71 bits per heavy atom. The Hall–Kier alpha value is -2.65. The number of rotatable bonds is 5. The number of aryl methyl sites for hydroxylation is 2. The zero-order valence-electron chi connectivity index (χ0n) is 16.1. The third kappa shape index (κ3) is 3.43. The summed E-state index contributed by atoms with van der Waals surface area (Å²) in [7, 11) is 0. The van der Waals surface area contributed by atoms with Crippen LogP contribution in [0.25, 0.3) is 21.6 Å². The molecule has 4 aromatic rings. The van der Waals surface area contributed by atoms with Gasteiger partial charge in [-0.2, -0.15) is 5.10 Å². The maximum Gasteiger partial charge on any atom is 0.258 e. The van der Waals surface area contributed by atoms with E-state index in [1.807, 2.05) is 37.6 Å². The normalized spacial score (nSPS) is 11.5. The smallest absolute Gasteiger partial charge is 0.258 e. The van der Waals surface area contributed by atoms with Gasteiger partial charge in [0.2, 0.25) is 5.13 Å². The van der Waals surface area contributed by atoms with Crippen LogP contribution in [0.3, 0.4) is 0 Å². The number of pyridine rings is 1. The maximum absolute atomic E-state index is 13.1. The van der Waals surface area contributed by atoms with Crippen molar-refractivity contribution in [3.8, 4) is 10.6 Å². The quantitative estimate of drug-likeness (QED) is 0.513. The van der Waals surface area contributed by atoms with Crippen molar-refractivity contribution in [2.75, 3.05) is 5.32 Å². The van der Waals surface area contributed by atoms with Crippen LogP contribution in [0.2, 0.25) is 0 Å². The van der Waals surface area contributed by atoms with E-state index in [1.165, 1.54) is 16.2 Å². The van der Waals surface area contributed by atoms with Gasteiger partial charge >= 0.3 is 0 Å². The summed E-state index contributed by atoms with van der Waals surface area (Å²) in [6, 6.07) is 6.05. The van der Waals surface area contributed by atoms with Gasteiger partial charge < -0.3 is 0 Å². The molecule has 0 saturated carbocycles. The minimum atomic E-state index is -0.232. The topological polar surface area (TPSA) is 85.6 Å². The Bertz CT molecular complexity index is 1160. The summed E-state index contributed by atoms with van der Waals surface area (Å²) in [6.07, 6.45) is 2.49. The fraction of sp³-hybridized carbons (Fsp3) is 0.316. The van der Waals surface area contributed by atoms with Crippen LogP contribution in [-0.4, -0.2) is 30.9 Å². The third-order valence-corrected chi connectivity index (χ3v) is 6.29. The fourth-order valence-electron chi connectivity index (χ4n) is 2.89. The van der Waals surface area contributed by atoms with Crippen LogP contribution in [0.5, 0.6) is 0 Å². The van der Waals surface area contributed by atoms with E-state index in [-0.39, 0.29) is 11.9 Å². The first-order valence-electron chi connectivity index (χ1n) is 9.05. The standard InChI is InChI=1S/C19H20N6OS2/c1-5-16-23-24-19(28-16)22-18(26)12-8-14(15-7-6-11(4)27-15)21-17-13(12)9-20-25(17)10(2)3/h6-10H,5H2,1-4H3,(H,22,24,26). The Balaban J connectivity index is 1.82. The molecule has 0 fully saturated rings. The van der Waals surface area contributed by atoms with E-state index in [9.17, 15) is 4.79 Å². The molecule has 0 aliphatic carbocycles. The van der Waals surface area contributed by atoms with Crippen molar-refractivity contribution in [2.45, 2.75) is 40.2 Å². The largest absolute Gasteiger partial charge is 0.296 e. The van der Waals surface area contributed by atoms with Crippen molar-refractivity contribution < 1.29 is 4.79 Å². The number of amides is 1. The van der Waals surface area contributed by atoms with Gasteiger partial charge in [-0.3, -0.25) is 10.1 Å². The predicted molar refractivity (Wildman–Crippen MR) is 113 cm³/mol. The Morgan fingerprint density at radius 1 is 1.25 bits per heavy atom. The van der Waals surface area contributed by atoms with Crippen molar-refractivity contribution >= 4 is 44.7 Å². The number of carbonyl (C=O) groups excluding carboxylic acids is 1. The van der Waals surface area contributed by atoms with Crippen molar-refractivity contribution in [2.24, 2.45) is 0 Å². The molecule has 4 aromatic heterocycles. The highest BCUT2D eigenvalue weighted by molar-refractivity contribution is 7.15. The van der Waals surface area contributed by atoms with Gasteiger partial charge in [0, 0.05) is 10.9 Å². The lowest BCUT2D eigenvalue weighted by Gasteiger charge is -2.09. The molecular weight excluding hydrogens is 392 g/mol. The van der Waals surface area contributed by atoms with Crippen LogP contribution in [0.4, 0.5) is 5.13 Å². The van der Waals surface area contributed by atoms with Crippen LogP contribution in [-0.2, 0) is 6.42 Å². The molecule has 9 heteroatoms. The minimum absolute atomic E-state index is 0.136. The molecule has 28 heavy (non-hydrogen) atoms. The van der Waals surface area contributed by atoms with Gasteiger partial charge in [-0.05, 0) is 45.4 Å². The molecule has 0 aliphatic rings. The highest BCUT2D eigenvalue weighted by Crippen LogP contribution is 2.31. The SMILES string of the molecule is CCc1nnc(NC(=O)c2cc(-c3ccc(C)s3)nc3c2cnn3C(C)C)s1. The molecule has 4 heterocycles. The van der Waals surface area contributed by atoms with Crippen molar-refractivity contribution in [1.82, 2.24) is 25.0 Å². The first-order chi connectivity index (χ1) is 13.5. The Labute approximate surface area is 170 Å². The molecule has 144 valence electrons. The molecule has 0 aliphatic heterocycles. The lowest BCUT2D eigenvalue weighted by molar-refractivity contribution is 0.102. The molecule has 0 unspecified atom stereocenters. The number of hydrogen-bond acceptors (Lipinski definition) is 7. The number of anilines is 1. The Kier molecular flexibility index (Phi) is 4.94. The summed E-state index contributed by atoms with van der Waals surface area (Å²) in [6.45, 7) is 8.15. The number of fused-ring (bicyclic) bond motifs is 1. The lowest BCUT2D eigenvalue weighted by Crippen LogP contribution is -2.13. The van der Waals surface area contributed by atoms with Gasteiger partial charge in [-0.1, -0.05) is 18.3 Å². The van der Waals surface area contributed by atoms with Gasteiger partial charge in [0.05, 0.1) is 27.7 Å². The first-order valence-corrected chi connectivity index (χ1v) is 10.7. The van der Waals surface area contributed by atoms with E-state index in [4.69, 9.17) is 4.98 Å². The summed E-state index contributed by atoms with van der Waals surface area (Å²) in [5.74, 6) is -0.232. The molecule has 4 rings (SSSR count). The highest BCUT2D eigenvalue weighted by Gasteiger charge is 2.20. The van der Waals surface area contributed by atoms with Gasteiger partial charge in [-0.15, -0.1) is 21.5 Å². The third-order valence-electron chi connectivity index (χ3n) is 4.28. The van der Waals surface area contributed by atoms with Crippen molar-refractivity contribution in [1.29, 1.82) is 0 Å². The van der Waals surface area contributed by atoms with E-state index < -0.39 is 0 Å². The van der Waals surface area contributed by atoms with Crippen LogP contribution in [0.15, 0.2) is 24.4 Å². The molecule has 0 spiro atoms. The number of nitrogens with one attached hydrogen (secondary N) is 1. The molecule has 0 aromatic carbocycles. The average molecular weight is 413 g/mol. The molecular formula is C19H20N6OS2. The van der Waals surface area contributed by atoms with E-state index >= 15 is 0 Å². The van der Waals surface area contributed by atoms with E-state index in [0.29, 0.717) is 16.3 Å². The Morgan fingerprint density at radius 2 is 2.07 bits per heavy atom. The zero-order chi connectivity index (χ0) is 19.8. The van der Waals surface area contributed by atoms with E-state index in [0.717, 1.165) is 27.4 Å². The molecule has 7 nitrogen and oxygen atoms in total. The summed E-state index contributed by atoms with van der Waals surface area (Å²) < 4.78 is 1.84. The number of nitrogens with zero attached hydrogens (tertiary/aromatic N) is 5. The monoisotopic (exact) mass is 412 g/mol. The molecule has 0 radical (unpaired) electrons. The van der Waals surface area contributed by atoms with E-state index in [2.05, 4.69) is 33.6 Å². The number of thiophene rings is 1. The minimum Gasteiger partial charge on any atom is -0.296 e. The van der Waals surface area contributed by atoms with Gasteiger partial charge in [-0.25, -0.2) is 9.67 Å². The second-order valence-electron chi connectivity index (χ2n) is 6.69. The number of carbonyl (C=O) groups is 1. The second kappa shape index (κ2) is 7.40. The van der Waals surface area contributed by atoms with E-state index in [1.54, 1.807) is 17.5 Å². The molecule has 0 atom stereocenters. The van der Waals surface area contributed by atoms with Crippen LogP contribution >= 0.6 is 22.7 Å². The summed E-state index contributed by atoms with van der Waals surface area (Å²) in [5.41, 5.74) is 2.01. The molecule has 1 N–H and O–H groups in total. The summed E-state index contributed by atoms with van der Waals surface area (Å²) >= 11 is 3.04. The number of aromatic nitrogens is 5. The second-order valence-corrected chi connectivity index (χ2v) is 9.04. The van der Waals surface area contributed by atoms with Gasteiger partial charge in [0.15, 0.2) is 5.65 Å². The maximum atomic E-state index is 13.1. The fourth-order valence-corrected chi connectivity index (χ4v) is 4.40. The van der Waals surface area contributed by atoms with Crippen LogP contribution in [0.1, 0.15) is 47.1 Å². The predicted octanol–water partition coefficient (Wildman–Crippen LogP) is 4.72. The zero-order valence-corrected chi connectivity index (χ0v) is 17.7. The molecule has 0 saturated heterocycles. The average Bonchev–Trinajstić information content (AvgIpc) is 3.39. The lowest BCUT2D eigenvalue weighted by atomic mass is 10.1. The number of hydrogen-bond donors (Lipinski definition) is 1. The molecule has 1 amide bonds. The first kappa shape index (κ1) is 18.7. The van der Waals surface area contributed by atoms with Crippen molar-refractivity contribution in [3.63, 3.8) is 0 Å². The molecule has 0 bridgehead atoms. The van der Waals surface area contributed by atoms with Gasteiger partial charge in [0.25, 0.3) is 5.91 Å².